The van der Waals surface area contributed by atoms with Gasteiger partial charge in [0.25, 0.3) is 0 Å². The third kappa shape index (κ3) is 2.55. The molecule has 0 fully saturated rings. The molecule has 4 nitrogen and oxygen atoms in total. The standard InChI is InChI=1S/C23H16O4S/c1-26-18-9-11-19(12-10-18)27-28(24,25)21-14-8-17-6-5-15-3-2-4-16-7-13-20(21)23(17)22(15)16/h2-14H,1H3. The van der Waals surface area contributed by atoms with Crippen LogP contribution in [0.2, 0.25) is 0 Å². The van der Waals surface area contributed by atoms with Crippen LogP contribution in [0.5, 0.6) is 11.5 Å². The lowest BCUT2D eigenvalue weighted by atomic mass is 9.94. The maximum absolute atomic E-state index is 13.0. The highest BCUT2D eigenvalue weighted by atomic mass is 32.2. The molecule has 0 aliphatic heterocycles. The van der Waals surface area contributed by atoms with E-state index in [0.29, 0.717) is 11.1 Å². The number of benzene rings is 5. The molecular formula is C23H16O4S. The van der Waals surface area contributed by atoms with Crippen molar-refractivity contribution in [3.05, 3.63) is 78.9 Å². The SMILES string of the molecule is COc1ccc(OS(=O)(=O)c2ccc3ccc4cccc5ccc2c3c45)cc1. The van der Waals surface area contributed by atoms with Crippen LogP contribution in [0.25, 0.3) is 32.3 Å². The summed E-state index contributed by atoms with van der Waals surface area (Å²) in [5, 5.41) is 5.84. The molecule has 5 heteroatoms. The Bertz CT molecular complexity index is 1400. The minimum absolute atomic E-state index is 0.161. The Hall–Kier alpha value is -3.31. The van der Waals surface area contributed by atoms with E-state index in [9.17, 15) is 8.42 Å². The van der Waals surface area contributed by atoms with Gasteiger partial charge in [0.15, 0.2) is 0 Å². The normalized spacial score (nSPS) is 12.0. The number of ether oxygens (including phenoxy) is 1. The molecule has 0 amide bonds. The Morgan fingerprint density at radius 1 is 0.643 bits per heavy atom. The first-order valence-electron chi connectivity index (χ1n) is 8.82. The monoisotopic (exact) mass is 388 g/mol. The van der Waals surface area contributed by atoms with Gasteiger partial charge in [0.2, 0.25) is 0 Å². The van der Waals surface area contributed by atoms with Gasteiger partial charge < -0.3 is 8.92 Å². The van der Waals surface area contributed by atoms with Crippen molar-refractivity contribution in [2.24, 2.45) is 0 Å². The molecule has 5 aromatic carbocycles. The minimum atomic E-state index is -4.00. The topological polar surface area (TPSA) is 52.6 Å². The van der Waals surface area contributed by atoms with Crippen molar-refractivity contribution in [1.82, 2.24) is 0 Å². The van der Waals surface area contributed by atoms with E-state index < -0.39 is 10.1 Å². The molecule has 0 heterocycles. The summed E-state index contributed by atoms with van der Waals surface area (Å²) in [5.41, 5.74) is 0. The molecular weight excluding hydrogens is 372 g/mol. The fraction of sp³-hybridized carbons (Fsp3) is 0.0435. The fourth-order valence-electron chi connectivity index (χ4n) is 3.73. The van der Waals surface area contributed by atoms with Crippen molar-refractivity contribution < 1.29 is 17.3 Å². The van der Waals surface area contributed by atoms with Crippen LogP contribution >= 0.6 is 0 Å². The van der Waals surface area contributed by atoms with E-state index in [-0.39, 0.29) is 10.6 Å². The summed E-state index contributed by atoms with van der Waals surface area (Å²) in [6, 6.07) is 23.9. The molecule has 5 rings (SSSR count). The first-order valence-corrected chi connectivity index (χ1v) is 10.2. The fourth-order valence-corrected chi connectivity index (χ4v) is 4.86. The average Bonchev–Trinajstić information content (AvgIpc) is 2.72. The third-order valence-electron chi connectivity index (χ3n) is 5.02. The zero-order valence-electron chi connectivity index (χ0n) is 15.0. The Balaban J connectivity index is 1.71. The molecule has 0 saturated carbocycles. The van der Waals surface area contributed by atoms with Gasteiger partial charge in [0.1, 0.15) is 16.4 Å². The molecule has 0 aliphatic carbocycles. The van der Waals surface area contributed by atoms with E-state index in [1.165, 1.54) is 0 Å². The van der Waals surface area contributed by atoms with E-state index in [1.54, 1.807) is 37.4 Å². The van der Waals surface area contributed by atoms with Gasteiger partial charge >= 0.3 is 10.1 Å². The molecule has 0 atom stereocenters. The van der Waals surface area contributed by atoms with Gasteiger partial charge in [-0.05, 0) is 57.3 Å². The van der Waals surface area contributed by atoms with Crippen LogP contribution in [0.15, 0.2) is 83.8 Å². The third-order valence-corrected chi connectivity index (χ3v) is 6.33. The molecule has 0 unspecified atom stereocenters. The van der Waals surface area contributed by atoms with Gasteiger partial charge in [-0.3, -0.25) is 0 Å². The van der Waals surface area contributed by atoms with Crippen LogP contribution < -0.4 is 8.92 Å². The Labute approximate surface area is 162 Å². The molecule has 0 saturated heterocycles. The maximum atomic E-state index is 13.0. The highest BCUT2D eigenvalue weighted by Gasteiger charge is 2.22. The highest BCUT2D eigenvalue weighted by molar-refractivity contribution is 7.87. The van der Waals surface area contributed by atoms with E-state index in [4.69, 9.17) is 8.92 Å². The van der Waals surface area contributed by atoms with E-state index >= 15 is 0 Å². The summed E-state index contributed by atoms with van der Waals surface area (Å²) in [7, 11) is -2.45. The van der Waals surface area contributed by atoms with Gasteiger partial charge in [-0.1, -0.05) is 48.5 Å². The van der Waals surface area contributed by atoms with Crippen molar-refractivity contribution in [1.29, 1.82) is 0 Å². The Morgan fingerprint density at radius 2 is 1.21 bits per heavy atom. The van der Waals surface area contributed by atoms with Crippen LogP contribution in [0, 0.1) is 0 Å². The smallest absolute Gasteiger partial charge is 0.339 e. The molecule has 0 aliphatic rings. The van der Waals surface area contributed by atoms with Gasteiger partial charge in [-0.2, -0.15) is 8.42 Å². The van der Waals surface area contributed by atoms with E-state index in [2.05, 4.69) is 6.07 Å². The first kappa shape index (κ1) is 16.8. The van der Waals surface area contributed by atoms with Gasteiger partial charge in [-0.15, -0.1) is 0 Å². The number of rotatable bonds is 4. The number of hydrogen-bond acceptors (Lipinski definition) is 4. The lowest BCUT2D eigenvalue weighted by Crippen LogP contribution is -2.10. The predicted molar refractivity (Wildman–Crippen MR) is 111 cm³/mol. The van der Waals surface area contributed by atoms with Crippen molar-refractivity contribution in [2.75, 3.05) is 7.11 Å². The largest absolute Gasteiger partial charge is 0.497 e. The molecule has 5 aromatic rings. The highest BCUT2D eigenvalue weighted by Crippen LogP contribution is 2.37. The molecule has 0 radical (unpaired) electrons. The predicted octanol–water partition coefficient (Wildman–Crippen LogP) is 5.36. The minimum Gasteiger partial charge on any atom is -0.497 e. The first-order chi connectivity index (χ1) is 13.6. The number of hydrogen-bond donors (Lipinski definition) is 0. The molecule has 0 spiro atoms. The summed E-state index contributed by atoms with van der Waals surface area (Å²) in [5.74, 6) is 0.874. The summed E-state index contributed by atoms with van der Waals surface area (Å²) < 4.78 is 36.6. The van der Waals surface area contributed by atoms with Crippen LogP contribution in [0.3, 0.4) is 0 Å². The van der Waals surface area contributed by atoms with Crippen molar-refractivity contribution in [3.8, 4) is 11.5 Å². The van der Waals surface area contributed by atoms with Crippen molar-refractivity contribution in [3.63, 3.8) is 0 Å². The van der Waals surface area contributed by atoms with Crippen molar-refractivity contribution >= 4 is 42.4 Å². The molecule has 0 N–H and O–H groups in total. The van der Waals surface area contributed by atoms with Crippen LogP contribution in [0.1, 0.15) is 0 Å². The summed E-state index contributed by atoms with van der Waals surface area (Å²) in [6.45, 7) is 0. The second-order valence-corrected chi connectivity index (χ2v) is 8.15. The van der Waals surface area contributed by atoms with E-state index in [1.807, 2.05) is 42.5 Å². The summed E-state index contributed by atoms with van der Waals surface area (Å²) in [4.78, 5) is 0.161. The maximum Gasteiger partial charge on any atom is 0.339 e. The Morgan fingerprint density at radius 3 is 1.89 bits per heavy atom. The van der Waals surface area contributed by atoms with Crippen LogP contribution in [0.4, 0.5) is 0 Å². The zero-order valence-corrected chi connectivity index (χ0v) is 15.9. The van der Waals surface area contributed by atoms with Crippen LogP contribution in [-0.4, -0.2) is 15.5 Å². The summed E-state index contributed by atoms with van der Waals surface area (Å²) in [6.07, 6.45) is 0. The molecule has 138 valence electrons. The molecule has 0 aromatic heterocycles. The lowest BCUT2D eigenvalue weighted by molar-refractivity contribution is 0.413. The van der Waals surface area contributed by atoms with Gasteiger partial charge in [0, 0.05) is 5.39 Å². The Kier molecular flexibility index (Phi) is 3.67. The quantitative estimate of drug-likeness (QED) is 0.307. The van der Waals surface area contributed by atoms with Crippen molar-refractivity contribution in [2.45, 2.75) is 4.90 Å². The lowest BCUT2D eigenvalue weighted by Gasteiger charge is -2.14. The van der Waals surface area contributed by atoms with Crippen LogP contribution in [-0.2, 0) is 10.1 Å². The summed E-state index contributed by atoms with van der Waals surface area (Å²) >= 11 is 0. The zero-order chi connectivity index (χ0) is 19.3. The number of methoxy groups -OCH3 is 1. The van der Waals surface area contributed by atoms with Gasteiger partial charge in [0.05, 0.1) is 7.11 Å². The molecule has 0 bridgehead atoms. The average molecular weight is 388 g/mol. The van der Waals surface area contributed by atoms with Gasteiger partial charge in [-0.25, -0.2) is 0 Å². The second-order valence-electron chi connectivity index (χ2n) is 6.63. The molecule has 28 heavy (non-hydrogen) atoms. The van der Waals surface area contributed by atoms with E-state index in [0.717, 1.165) is 26.9 Å². The second kappa shape index (κ2) is 6.11.